The number of carbonyl (C=O) groups is 1. The second kappa shape index (κ2) is 5.41. The minimum Gasteiger partial charge on any atom is -0.352 e. The average molecular weight is 254 g/mol. The Hall–Kier alpha value is -1.87. The quantitative estimate of drug-likeness (QED) is 0.859. The molecule has 0 spiro atoms. The predicted octanol–water partition coefficient (Wildman–Crippen LogP) is 2.21. The molecule has 1 aliphatic carbocycles. The second-order valence-corrected chi connectivity index (χ2v) is 5.08. The van der Waals surface area contributed by atoms with Crippen molar-refractivity contribution in [1.29, 1.82) is 0 Å². The minimum absolute atomic E-state index is 0.0998. The van der Waals surface area contributed by atoms with E-state index in [4.69, 9.17) is 0 Å². The third-order valence-corrected chi connectivity index (χ3v) is 3.42. The van der Waals surface area contributed by atoms with E-state index in [1.165, 1.54) is 16.3 Å². The fourth-order valence-electron chi connectivity index (χ4n) is 2.26. The molecule has 1 amide bonds. The third-order valence-electron chi connectivity index (χ3n) is 3.42. The summed E-state index contributed by atoms with van der Waals surface area (Å²) in [7, 11) is 0. The van der Waals surface area contributed by atoms with Crippen molar-refractivity contribution in [3.63, 3.8) is 0 Å². The first-order valence-electron chi connectivity index (χ1n) is 6.79. The number of fused-ring (bicyclic) bond motifs is 1. The molecule has 2 aromatic carbocycles. The Bertz CT molecular complexity index is 585. The molecule has 19 heavy (non-hydrogen) atoms. The summed E-state index contributed by atoms with van der Waals surface area (Å²) in [4.78, 5) is 11.6. The normalized spacial score (nSPS) is 14.5. The van der Waals surface area contributed by atoms with Crippen molar-refractivity contribution >= 4 is 16.7 Å². The summed E-state index contributed by atoms with van der Waals surface area (Å²) in [6.45, 7) is 1.11. The Labute approximate surface area is 113 Å². The molecule has 2 N–H and O–H groups in total. The number of nitrogens with one attached hydrogen (secondary N) is 2. The van der Waals surface area contributed by atoms with Crippen molar-refractivity contribution in [2.45, 2.75) is 25.4 Å². The molecule has 2 aromatic rings. The Morgan fingerprint density at radius 1 is 1.11 bits per heavy atom. The number of carbonyl (C=O) groups excluding carboxylic acids is 1. The number of hydrogen-bond donors (Lipinski definition) is 2. The summed E-state index contributed by atoms with van der Waals surface area (Å²) in [5.74, 6) is 0.0998. The van der Waals surface area contributed by atoms with Crippen LogP contribution in [0.25, 0.3) is 10.8 Å². The molecular weight excluding hydrogens is 236 g/mol. The molecule has 1 fully saturated rings. The Morgan fingerprint density at radius 3 is 2.74 bits per heavy atom. The van der Waals surface area contributed by atoms with Crippen molar-refractivity contribution in [3.05, 3.63) is 48.0 Å². The third kappa shape index (κ3) is 3.12. The molecule has 98 valence electrons. The molecule has 0 bridgehead atoms. The van der Waals surface area contributed by atoms with Gasteiger partial charge in [-0.3, -0.25) is 4.79 Å². The van der Waals surface area contributed by atoms with Gasteiger partial charge in [0.2, 0.25) is 5.91 Å². The first-order valence-corrected chi connectivity index (χ1v) is 6.79. The van der Waals surface area contributed by atoms with Gasteiger partial charge in [0.1, 0.15) is 0 Å². The van der Waals surface area contributed by atoms with E-state index in [1.54, 1.807) is 0 Å². The zero-order valence-corrected chi connectivity index (χ0v) is 10.9. The summed E-state index contributed by atoms with van der Waals surface area (Å²) in [6.07, 6.45) is 2.27. The van der Waals surface area contributed by atoms with Crippen LogP contribution in [0.15, 0.2) is 42.5 Å². The molecular formula is C16H18N2O. The van der Waals surface area contributed by atoms with Gasteiger partial charge in [0, 0.05) is 12.6 Å². The van der Waals surface area contributed by atoms with Crippen LogP contribution in [0, 0.1) is 0 Å². The predicted molar refractivity (Wildman–Crippen MR) is 76.8 cm³/mol. The lowest BCUT2D eigenvalue weighted by atomic mass is 10.0. The largest absolute Gasteiger partial charge is 0.352 e. The van der Waals surface area contributed by atoms with Gasteiger partial charge in [-0.15, -0.1) is 0 Å². The van der Waals surface area contributed by atoms with Crippen molar-refractivity contribution < 1.29 is 4.79 Å². The Kier molecular flexibility index (Phi) is 3.47. The van der Waals surface area contributed by atoms with Crippen molar-refractivity contribution in [1.82, 2.24) is 10.6 Å². The summed E-state index contributed by atoms with van der Waals surface area (Å²) in [5.41, 5.74) is 1.23. The van der Waals surface area contributed by atoms with Gasteiger partial charge >= 0.3 is 0 Å². The Balaban J connectivity index is 1.60. The van der Waals surface area contributed by atoms with Gasteiger partial charge in [-0.05, 0) is 29.2 Å². The highest BCUT2D eigenvalue weighted by molar-refractivity contribution is 5.85. The van der Waals surface area contributed by atoms with E-state index >= 15 is 0 Å². The van der Waals surface area contributed by atoms with E-state index < -0.39 is 0 Å². The fraction of sp³-hybridized carbons (Fsp3) is 0.312. The van der Waals surface area contributed by atoms with Crippen molar-refractivity contribution in [3.8, 4) is 0 Å². The molecule has 0 heterocycles. The lowest BCUT2D eigenvalue weighted by Gasteiger charge is -2.08. The highest BCUT2D eigenvalue weighted by Gasteiger charge is 2.22. The summed E-state index contributed by atoms with van der Waals surface area (Å²) in [6, 6.07) is 15.0. The first-order chi connectivity index (χ1) is 9.33. The minimum atomic E-state index is 0.0998. The van der Waals surface area contributed by atoms with Gasteiger partial charge in [0.25, 0.3) is 0 Å². The molecule has 1 aliphatic rings. The van der Waals surface area contributed by atoms with Crippen LogP contribution in [0.5, 0.6) is 0 Å². The number of amides is 1. The van der Waals surface area contributed by atoms with E-state index in [-0.39, 0.29) is 5.91 Å². The summed E-state index contributed by atoms with van der Waals surface area (Å²) < 4.78 is 0. The van der Waals surface area contributed by atoms with Crippen LogP contribution in [0.4, 0.5) is 0 Å². The van der Waals surface area contributed by atoms with Gasteiger partial charge < -0.3 is 10.6 Å². The SMILES string of the molecule is O=C(CNCc1cccc2ccccc12)NC1CC1. The molecule has 3 rings (SSSR count). The molecule has 0 atom stereocenters. The van der Waals surface area contributed by atoms with E-state index in [2.05, 4.69) is 41.0 Å². The lowest BCUT2D eigenvalue weighted by molar-refractivity contribution is -0.120. The van der Waals surface area contributed by atoms with Crippen LogP contribution < -0.4 is 10.6 Å². The summed E-state index contributed by atoms with van der Waals surface area (Å²) in [5, 5.41) is 8.68. The maximum absolute atomic E-state index is 11.6. The molecule has 3 heteroatoms. The average Bonchev–Trinajstić information content (AvgIpc) is 3.23. The highest BCUT2D eigenvalue weighted by Crippen LogP contribution is 2.19. The molecule has 0 saturated heterocycles. The maximum atomic E-state index is 11.6. The molecule has 0 aliphatic heterocycles. The van der Waals surface area contributed by atoms with Gasteiger partial charge in [-0.2, -0.15) is 0 Å². The van der Waals surface area contributed by atoms with E-state index in [1.807, 2.05) is 12.1 Å². The van der Waals surface area contributed by atoms with Crippen molar-refractivity contribution in [2.75, 3.05) is 6.54 Å². The van der Waals surface area contributed by atoms with Gasteiger partial charge in [-0.1, -0.05) is 42.5 Å². The fourth-order valence-corrected chi connectivity index (χ4v) is 2.26. The topological polar surface area (TPSA) is 41.1 Å². The summed E-state index contributed by atoms with van der Waals surface area (Å²) >= 11 is 0. The molecule has 0 aromatic heterocycles. The number of rotatable bonds is 5. The van der Waals surface area contributed by atoms with Crippen LogP contribution in [0.3, 0.4) is 0 Å². The van der Waals surface area contributed by atoms with Crippen LogP contribution in [-0.4, -0.2) is 18.5 Å². The second-order valence-electron chi connectivity index (χ2n) is 5.08. The molecule has 1 saturated carbocycles. The number of benzene rings is 2. The monoisotopic (exact) mass is 254 g/mol. The molecule has 3 nitrogen and oxygen atoms in total. The maximum Gasteiger partial charge on any atom is 0.234 e. The van der Waals surface area contributed by atoms with Crippen LogP contribution in [0.2, 0.25) is 0 Å². The Morgan fingerprint density at radius 2 is 1.89 bits per heavy atom. The number of hydrogen-bond acceptors (Lipinski definition) is 2. The zero-order valence-electron chi connectivity index (χ0n) is 10.9. The highest BCUT2D eigenvalue weighted by atomic mass is 16.2. The van der Waals surface area contributed by atoms with Gasteiger partial charge in [0.15, 0.2) is 0 Å². The van der Waals surface area contributed by atoms with Crippen molar-refractivity contribution in [2.24, 2.45) is 0 Å². The van der Waals surface area contributed by atoms with Gasteiger partial charge in [-0.25, -0.2) is 0 Å². The zero-order chi connectivity index (χ0) is 13.1. The van der Waals surface area contributed by atoms with Crippen LogP contribution >= 0.6 is 0 Å². The van der Waals surface area contributed by atoms with E-state index in [0.717, 1.165) is 19.4 Å². The molecule has 0 radical (unpaired) electrons. The van der Waals surface area contributed by atoms with E-state index in [0.29, 0.717) is 12.6 Å². The van der Waals surface area contributed by atoms with Crippen LogP contribution in [-0.2, 0) is 11.3 Å². The van der Waals surface area contributed by atoms with E-state index in [9.17, 15) is 4.79 Å². The molecule has 0 unspecified atom stereocenters. The van der Waals surface area contributed by atoms with Crippen LogP contribution in [0.1, 0.15) is 18.4 Å². The first kappa shape index (κ1) is 12.2. The van der Waals surface area contributed by atoms with Gasteiger partial charge in [0.05, 0.1) is 6.54 Å². The standard InChI is InChI=1S/C16H18N2O/c19-16(18-14-8-9-14)11-17-10-13-6-3-5-12-4-1-2-7-15(12)13/h1-7,14,17H,8-11H2,(H,18,19). The lowest BCUT2D eigenvalue weighted by Crippen LogP contribution is -2.34. The smallest absolute Gasteiger partial charge is 0.234 e.